The molecule has 0 saturated carbocycles. The van der Waals surface area contributed by atoms with Crippen molar-refractivity contribution < 1.29 is 9.53 Å². The molecular weight excluding hydrogens is 541 g/mol. The number of fused-ring (bicyclic) bond motifs is 1. The van der Waals surface area contributed by atoms with Gasteiger partial charge in [-0.15, -0.1) is 24.0 Å². The van der Waals surface area contributed by atoms with E-state index in [1.165, 1.54) is 0 Å². The van der Waals surface area contributed by atoms with Gasteiger partial charge < -0.3 is 20.3 Å². The standard InChI is InChI=1S/C26H33N5O2.HI/c1-26(2,3)33-25(32)31(5)18-20-13-11-19(12-14-20)16-29-24(27-4)30-17-22-9-6-8-21-10-7-15-28-23(21)22;/h6-15H,16-18H2,1-5H3,(H2,27,29,30);1H. The second-order valence-corrected chi connectivity index (χ2v) is 8.92. The Hall–Kier alpha value is -2.88. The molecule has 1 heterocycles. The molecule has 3 rings (SSSR count). The summed E-state index contributed by atoms with van der Waals surface area (Å²) in [5.41, 5.74) is 3.77. The molecule has 0 saturated heterocycles. The van der Waals surface area contributed by atoms with Gasteiger partial charge in [0.15, 0.2) is 5.96 Å². The Bertz CT molecular complexity index is 1100. The first-order valence-corrected chi connectivity index (χ1v) is 11.0. The van der Waals surface area contributed by atoms with Gasteiger partial charge in [-0.25, -0.2) is 4.79 Å². The molecule has 3 aromatic rings. The van der Waals surface area contributed by atoms with Gasteiger partial charge in [-0.05, 0) is 43.5 Å². The number of benzene rings is 2. The van der Waals surface area contributed by atoms with Crippen LogP contribution in [0.2, 0.25) is 0 Å². The first-order valence-electron chi connectivity index (χ1n) is 11.0. The Kier molecular flexibility index (Phi) is 10.1. The molecule has 0 bridgehead atoms. The van der Waals surface area contributed by atoms with Crippen molar-refractivity contribution in [3.8, 4) is 0 Å². The van der Waals surface area contributed by atoms with Crippen LogP contribution in [0.3, 0.4) is 0 Å². The molecule has 2 aromatic carbocycles. The number of aromatic nitrogens is 1. The molecule has 34 heavy (non-hydrogen) atoms. The van der Waals surface area contributed by atoms with E-state index < -0.39 is 5.60 Å². The number of amides is 1. The number of aliphatic imine (C=N–C) groups is 1. The molecule has 0 unspecified atom stereocenters. The monoisotopic (exact) mass is 575 g/mol. The molecule has 1 amide bonds. The summed E-state index contributed by atoms with van der Waals surface area (Å²) in [5, 5.41) is 7.82. The van der Waals surface area contributed by atoms with Crippen LogP contribution in [-0.2, 0) is 24.4 Å². The maximum Gasteiger partial charge on any atom is 0.410 e. The van der Waals surface area contributed by atoms with Gasteiger partial charge >= 0.3 is 6.09 Å². The van der Waals surface area contributed by atoms with Gasteiger partial charge in [0.25, 0.3) is 0 Å². The molecule has 0 radical (unpaired) electrons. The van der Waals surface area contributed by atoms with Crippen LogP contribution >= 0.6 is 24.0 Å². The van der Waals surface area contributed by atoms with Gasteiger partial charge in [0, 0.05) is 45.3 Å². The van der Waals surface area contributed by atoms with Gasteiger partial charge in [-0.3, -0.25) is 9.98 Å². The number of carbonyl (C=O) groups excluding carboxylic acids is 1. The molecule has 1 aromatic heterocycles. The van der Waals surface area contributed by atoms with Gasteiger partial charge in [-0.1, -0.05) is 48.5 Å². The number of halogens is 1. The fourth-order valence-electron chi connectivity index (χ4n) is 3.34. The van der Waals surface area contributed by atoms with Gasteiger partial charge in [0.2, 0.25) is 0 Å². The number of nitrogens with zero attached hydrogens (tertiary/aromatic N) is 3. The number of carbonyl (C=O) groups is 1. The first-order chi connectivity index (χ1) is 15.7. The largest absolute Gasteiger partial charge is 0.444 e. The Labute approximate surface area is 219 Å². The average molecular weight is 575 g/mol. The highest BCUT2D eigenvalue weighted by molar-refractivity contribution is 14.0. The highest BCUT2D eigenvalue weighted by Gasteiger charge is 2.19. The van der Waals surface area contributed by atoms with Crippen molar-refractivity contribution in [2.24, 2.45) is 4.99 Å². The lowest BCUT2D eigenvalue weighted by Crippen LogP contribution is -2.36. The zero-order chi connectivity index (χ0) is 23.8. The van der Waals surface area contributed by atoms with Crippen molar-refractivity contribution in [3.05, 3.63) is 77.5 Å². The second-order valence-electron chi connectivity index (χ2n) is 8.92. The summed E-state index contributed by atoms with van der Waals surface area (Å²) in [6.45, 7) is 7.34. The summed E-state index contributed by atoms with van der Waals surface area (Å²) in [6, 6.07) is 18.3. The number of hydrogen-bond donors (Lipinski definition) is 2. The van der Waals surface area contributed by atoms with Crippen molar-refractivity contribution in [1.29, 1.82) is 0 Å². The third-order valence-corrected chi connectivity index (χ3v) is 4.99. The smallest absolute Gasteiger partial charge is 0.410 e. The molecule has 7 nitrogen and oxygen atoms in total. The van der Waals surface area contributed by atoms with Crippen molar-refractivity contribution in [1.82, 2.24) is 20.5 Å². The molecular formula is C26H34IN5O2. The molecule has 0 spiro atoms. The van der Waals surface area contributed by atoms with E-state index in [-0.39, 0.29) is 30.1 Å². The predicted molar refractivity (Wildman–Crippen MR) is 148 cm³/mol. The molecule has 2 N–H and O–H groups in total. The van der Waals surface area contributed by atoms with E-state index in [2.05, 4.69) is 38.8 Å². The van der Waals surface area contributed by atoms with Crippen molar-refractivity contribution in [2.45, 2.75) is 46.0 Å². The van der Waals surface area contributed by atoms with Crippen molar-refractivity contribution in [2.75, 3.05) is 14.1 Å². The molecule has 0 aliphatic heterocycles. The van der Waals surface area contributed by atoms with Crippen LogP contribution in [0.5, 0.6) is 0 Å². The summed E-state index contributed by atoms with van der Waals surface area (Å²) in [7, 11) is 3.50. The minimum Gasteiger partial charge on any atom is -0.444 e. The Morgan fingerprint density at radius 3 is 2.32 bits per heavy atom. The number of pyridine rings is 1. The Morgan fingerprint density at radius 2 is 1.65 bits per heavy atom. The molecule has 0 fully saturated rings. The zero-order valence-electron chi connectivity index (χ0n) is 20.5. The maximum absolute atomic E-state index is 12.1. The Morgan fingerprint density at radius 1 is 1.00 bits per heavy atom. The van der Waals surface area contributed by atoms with E-state index >= 15 is 0 Å². The fraction of sp³-hybridized carbons (Fsp3) is 0.346. The second kappa shape index (κ2) is 12.5. The predicted octanol–water partition coefficient (Wildman–Crippen LogP) is 5.08. The fourth-order valence-corrected chi connectivity index (χ4v) is 3.34. The topological polar surface area (TPSA) is 78.9 Å². The van der Waals surface area contributed by atoms with Crippen LogP contribution in [-0.4, -0.2) is 41.6 Å². The maximum atomic E-state index is 12.1. The van der Waals surface area contributed by atoms with E-state index in [9.17, 15) is 4.79 Å². The number of ether oxygens (including phenoxy) is 1. The summed E-state index contributed by atoms with van der Waals surface area (Å²) < 4.78 is 5.40. The van der Waals surface area contributed by atoms with E-state index in [1.807, 2.05) is 63.4 Å². The third-order valence-electron chi connectivity index (χ3n) is 4.99. The van der Waals surface area contributed by atoms with Crippen LogP contribution in [0, 0.1) is 0 Å². The van der Waals surface area contributed by atoms with E-state index in [0.717, 1.165) is 33.6 Å². The number of nitrogens with one attached hydrogen (secondary N) is 2. The average Bonchev–Trinajstić information content (AvgIpc) is 2.79. The number of para-hydroxylation sites is 1. The molecule has 8 heteroatoms. The molecule has 182 valence electrons. The first kappa shape index (κ1) is 27.4. The van der Waals surface area contributed by atoms with Crippen molar-refractivity contribution in [3.63, 3.8) is 0 Å². The van der Waals surface area contributed by atoms with Crippen LogP contribution < -0.4 is 10.6 Å². The number of rotatable bonds is 6. The Balaban J connectivity index is 0.00000408. The minimum atomic E-state index is -0.502. The van der Waals surface area contributed by atoms with E-state index in [4.69, 9.17) is 4.74 Å². The van der Waals surface area contributed by atoms with E-state index in [0.29, 0.717) is 19.6 Å². The van der Waals surface area contributed by atoms with Crippen LogP contribution in [0.1, 0.15) is 37.5 Å². The summed E-state index contributed by atoms with van der Waals surface area (Å²) in [4.78, 5) is 22.5. The minimum absolute atomic E-state index is 0. The highest BCUT2D eigenvalue weighted by atomic mass is 127. The lowest BCUT2D eigenvalue weighted by Gasteiger charge is -2.24. The lowest BCUT2D eigenvalue weighted by atomic mass is 10.1. The molecule has 0 aliphatic rings. The third kappa shape index (κ3) is 8.16. The van der Waals surface area contributed by atoms with Crippen LogP contribution in [0.4, 0.5) is 4.79 Å². The van der Waals surface area contributed by atoms with Gasteiger partial charge in [0.05, 0.1) is 5.52 Å². The molecule has 0 atom stereocenters. The van der Waals surface area contributed by atoms with Gasteiger partial charge in [-0.2, -0.15) is 0 Å². The zero-order valence-corrected chi connectivity index (χ0v) is 22.8. The van der Waals surface area contributed by atoms with E-state index in [1.54, 1.807) is 19.0 Å². The van der Waals surface area contributed by atoms with Crippen molar-refractivity contribution >= 4 is 46.9 Å². The molecule has 0 aliphatic carbocycles. The summed E-state index contributed by atoms with van der Waals surface area (Å²) in [5.74, 6) is 0.719. The quantitative estimate of drug-likeness (QED) is 0.244. The highest BCUT2D eigenvalue weighted by Crippen LogP contribution is 2.16. The number of hydrogen-bond acceptors (Lipinski definition) is 4. The number of guanidine groups is 1. The normalized spacial score (nSPS) is 11.5. The summed E-state index contributed by atoms with van der Waals surface area (Å²) in [6.07, 6.45) is 1.48. The SMILES string of the molecule is CN=C(NCc1ccc(CN(C)C(=O)OC(C)(C)C)cc1)NCc1cccc2cccnc12.I. The van der Waals surface area contributed by atoms with Crippen LogP contribution in [0.25, 0.3) is 10.9 Å². The van der Waals surface area contributed by atoms with Gasteiger partial charge in [0.1, 0.15) is 5.60 Å². The summed E-state index contributed by atoms with van der Waals surface area (Å²) >= 11 is 0. The van der Waals surface area contributed by atoms with Crippen LogP contribution in [0.15, 0.2) is 65.8 Å². The lowest BCUT2D eigenvalue weighted by molar-refractivity contribution is 0.0285.